The lowest BCUT2D eigenvalue weighted by Gasteiger charge is -2.24. The molecule has 0 N–H and O–H groups in total. The highest BCUT2D eigenvalue weighted by Gasteiger charge is 2.16. The van der Waals surface area contributed by atoms with Gasteiger partial charge in [0.1, 0.15) is 18.2 Å². The van der Waals surface area contributed by atoms with E-state index in [2.05, 4.69) is 5.16 Å². The van der Waals surface area contributed by atoms with Gasteiger partial charge in [-0.2, -0.15) is 0 Å². The number of carbonyl (C=O) groups excluding carboxylic acids is 1. The number of benzene rings is 2. The van der Waals surface area contributed by atoms with E-state index < -0.39 is 0 Å². The molecule has 7 heteroatoms. The fourth-order valence-electron chi connectivity index (χ4n) is 3.21. The SMILES string of the molecule is COc1cc(/C=C/C(=O)N(C)C(C)c2ccc(F)cc2)ccc1OCc1c(C)noc1C. The third kappa shape index (κ3) is 5.35. The molecule has 0 aliphatic heterocycles. The van der Waals surface area contributed by atoms with Gasteiger partial charge >= 0.3 is 0 Å². The summed E-state index contributed by atoms with van der Waals surface area (Å²) in [6.07, 6.45) is 3.22. The summed E-state index contributed by atoms with van der Waals surface area (Å²) in [6.45, 7) is 5.92. The molecule has 0 saturated carbocycles. The van der Waals surface area contributed by atoms with Crippen molar-refractivity contribution >= 4 is 12.0 Å². The molecule has 3 aromatic rings. The van der Waals surface area contributed by atoms with Crippen LogP contribution in [0.15, 0.2) is 53.1 Å². The van der Waals surface area contributed by atoms with Gasteiger partial charge in [0.15, 0.2) is 11.5 Å². The van der Waals surface area contributed by atoms with Gasteiger partial charge in [-0.1, -0.05) is 23.4 Å². The molecule has 1 atom stereocenters. The summed E-state index contributed by atoms with van der Waals surface area (Å²) < 4.78 is 29.6. The van der Waals surface area contributed by atoms with Crippen LogP contribution in [0.1, 0.15) is 41.1 Å². The molecule has 3 rings (SSSR count). The van der Waals surface area contributed by atoms with Crippen LogP contribution in [0.5, 0.6) is 11.5 Å². The first-order valence-electron chi connectivity index (χ1n) is 10.2. The summed E-state index contributed by atoms with van der Waals surface area (Å²) in [5.74, 6) is 1.39. The molecule has 6 nitrogen and oxygen atoms in total. The summed E-state index contributed by atoms with van der Waals surface area (Å²) in [5, 5.41) is 3.93. The lowest BCUT2D eigenvalue weighted by Crippen LogP contribution is -2.27. The summed E-state index contributed by atoms with van der Waals surface area (Å²) in [4.78, 5) is 14.2. The minimum Gasteiger partial charge on any atom is -0.493 e. The lowest BCUT2D eigenvalue weighted by molar-refractivity contribution is -0.126. The molecule has 32 heavy (non-hydrogen) atoms. The lowest BCUT2D eigenvalue weighted by atomic mass is 10.1. The number of likely N-dealkylation sites (N-methyl/N-ethyl adjacent to an activating group) is 1. The van der Waals surface area contributed by atoms with Crippen molar-refractivity contribution in [3.8, 4) is 11.5 Å². The largest absolute Gasteiger partial charge is 0.493 e. The third-order valence-corrected chi connectivity index (χ3v) is 5.44. The van der Waals surface area contributed by atoms with Crippen LogP contribution in [0.4, 0.5) is 4.39 Å². The Bertz CT molecular complexity index is 1090. The molecule has 0 aliphatic carbocycles. The number of amides is 1. The van der Waals surface area contributed by atoms with Gasteiger partial charge in [0.05, 0.1) is 24.4 Å². The normalized spacial score (nSPS) is 12.1. The summed E-state index contributed by atoms with van der Waals surface area (Å²) in [6, 6.07) is 11.4. The minimum atomic E-state index is -0.303. The second-order valence-corrected chi connectivity index (χ2v) is 7.51. The first kappa shape index (κ1) is 23.1. The molecular weight excluding hydrogens is 411 g/mol. The van der Waals surface area contributed by atoms with Crippen molar-refractivity contribution in [3.05, 3.63) is 82.5 Å². The van der Waals surface area contributed by atoms with Gasteiger partial charge in [-0.15, -0.1) is 0 Å². The van der Waals surface area contributed by atoms with E-state index in [9.17, 15) is 9.18 Å². The van der Waals surface area contributed by atoms with E-state index in [0.29, 0.717) is 18.1 Å². The number of halogens is 1. The van der Waals surface area contributed by atoms with Gasteiger partial charge in [0.25, 0.3) is 0 Å². The molecular formula is C25H27FN2O4. The molecule has 1 unspecified atom stereocenters. The van der Waals surface area contributed by atoms with Crippen LogP contribution in [-0.2, 0) is 11.4 Å². The second kappa shape index (κ2) is 10.1. The van der Waals surface area contributed by atoms with Crippen LogP contribution in [0.3, 0.4) is 0 Å². The molecule has 2 aromatic carbocycles. The van der Waals surface area contributed by atoms with E-state index in [-0.39, 0.29) is 17.8 Å². The van der Waals surface area contributed by atoms with E-state index in [1.807, 2.05) is 26.8 Å². The Morgan fingerprint density at radius 2 is 1.91 bits per heavy atom. The van der Waals surface area contributed by atoms with Crippen LogP contribution < -0.4 is 9.47 Å². The maximum Gasteiger partial charge on any atom is 0.246 e. The fourth-order valence-corrected chi connectivity index (χ4v) is 3.21. The number of ether oxygens (including phenoxy) is 2. The molecule has 1 amide bonds. The van der Waals surface area contributed by atoms with E-state index in [0.717, 1.165) is 28.1 Å². The topological polar surface area (TPSA) is 64.8 Å². The Hall–Kier alpha value is -3.61. The standard InChI is InChI=1S/C25H27FN2O4/c1-16-22(18(3)32-27-16)15-31-23-12-6-19(14-24(23)30-5)7-13-25(29)28(4)17(2)20-8-10-21(26)11-9-20/h6-14,17H,15H2,1-5H3/b13-7+. The van der Waals surface area contributed by atoms with Crippen molar-refractivity contribution in [1.82, 2.24) is 10.1 Å². The third-order valence-electron chi connectivity index (χ3n) is 5.44. The molecule has 0 aliphatic rings. The highest BCUT2D eigenvalue weighted by molar-refractivity contribution is 5.92. The van der Waals surface area contributed by atoms with Gasteiger partial charge in [-0.3, -0.25) is 4.79 Å². The van der Waals surface area contributed by atoms with Crippen LogP contribution >= 0.6 is 0 Å². The second-order valence-electron chi connectivity index (χ2n) is 7.51. The Labute approximate surface area is 187 Å². The summed E-state index contributed by atoms with van der Waals surface area (Å²) in [5.41, 5.74) is 3.35. The van der Waals surface area contributed by atoms with Crippen LogP contribution in [-0.4, -0.2) is 30.1 Å². The molecule has 0 saturated heterocycles. The Balaban J connectivity index is 1.67. The molecule has 0 radical (unpaired) electrons. The van der Waals surface area contributed by atoms with E-state index >= 15 is 0 Å². The van der Waals surface area contributed by atoms with Gasteiger partial charge in [-0.05, 0) is 62.2 Å². The van der Waals surface area contributed by atoms with Gasteiger partial charge in [-0.25, -0.2) is 4.39 Å². The number of hydrogen-bond acceptors (Lipinski definition) is 5. The van der Waals surface area contributed by atoms with E-state index in [4.69, 9.17) is 14.0 Å². The number of methoxy groups -OCH3 is 1. The molecule has 0 spiro atoms. The number of aromatic nitrogens is 1. The first-order valence-corrected chi connectivity index (χ1v) is 10.2. The Kier molecular flexibility index (Phi) is 7.30. The van der Waals surface area contributed by atoms with E-state index in [1.165, 1.54) is 18.2 Å². The average molecular weight is 438 g/mol. The van der Waals surface area contributed by atoms with Gasteiger partial charge in [0.2, 0.25) is 5.91 Å². The zero-order valence-corrected chi connectivity index (χ0v) is 18.9. The molecule has 168 valence electrons. The predicted octanol–water partition coefficient (Wildman–Crippen LogP) is 5.25. The predicted molar refractivity (Wildman–Crippen MR) is 120 cm³/mol. The maximum absolute atomic E-state index is 13.1. The van der Waals surface area contributed by atoms with Crippen molar-refractivity contribution in [3.63, 3.8) is 0 Å². The number of carbonyl (C=O) groups is 1. The molecule has 1 heterocycles. The zero-order valence-electron chi connectivity index (χ0n) is 18.9. The van der Waals surface area contributed by atoms with E-state index in [1.54, 1.807) is 49.4 Å². The van der Waals surface area contributed by atoms with Crippen molar-refractivity contribution in [2.24, 2.45) is 0 Å². The first-order chi connectivity index (χ1) is 15.3. The number of hydrogen-bond donors (Lipinski definition) is 0. The van der Waals surface area contributed by atoms with Crippen LogP contribution in [0.25, 0.3) is 6.08 Å². The van der Waals surface area contributed by atoms with Gasteiger partial charge in [0, 0.05) is 13.1 Å². The average Bonchev–Trinajstić information content (AvgIpc) is 3.12. The Morgan fingerprint density at radius 1 is 1.19 bits per heavy atom. The number of rotatable bonds is 8. The van der Waals surface area contributed by atoms with Crippen molar-refractivity contribution < 1.29 is 23.2 Å². The quantitative estimate of drug-likeness (QED) is 0.450. The van der Waals surface area contributed by atoms with Crippen molar-refractivity contribution in [2.75, 3.05) is 14.2 Å². The van der Waals surface area contributed by atoms with Gasteiger partial charge < -0.3 is 18.9 Å². The zero-order chi connectivity index (χ0) is 23.3. The number of aryl methyl sites for hydroxylation is 2. The minimum absolute atomic E-state index is 0.167. The smallest absolute Gasteiger partial charge is 0.246 e. The number of nitrogens with zero attached hydrogens (tertiary/aromatic N) is 2. The molecule has 0 fully saturated rings. The Morgan fingerprint density at radius 3 is 2.53 bits per heavy atom. The van der Waals surface area contributed by atoms with Crippen LogP contribution in [0, 0.1) is 19.7 Å². The monoisotopic (exact) mass is 438 g/mol. The maximum atomic E-state index is 13.1. The highest BCUT2D eigenvalue weighted by Crippen LogP contribution is 2.30. The summed E-state index contributed by atoms with van der Waals surface area (Å²) >= 11 is 0. The van der Waals surface area contributed by atoms with Crippen LogP contribution in [0.2, 0.25) is 0 Å². The molecule has 0 bridgehead atoms. The summed E-state index contributed by atoms with van der Waals surface area (Å²) in [7, 11) is 3.28. The molecule has 1 aromatic heterocycles. The van der Waals surface area contributed by atoms with Crippen molar-refractivity contribution in [1.29, 1.82) is 0 Å². The fraction of sp³-hybridized carbons (Fsp3) is 0.280. The highest BCUT2D eigenvalue weighted by atomic mass is 19.1. The van der Waals surface area contributed by atoms with Crippen molar-refractivity contribution in [2.45, 2.75) is 33.4 Å².